The quantitative estimate of drug-likeness (QED) is 0.676. The lowest BCUT2D eigenvalue weighted by Gasteiger charge is -2.13. The van der Waals surface area contributed by atoms with E-state index >= 15 is 0 Å². The number of aliphatic hydroxyl groups is 1. The number of primary amides is 1. The van der Waals surface area contributed by atoms with Gasteiger partial charge in [-0.3, -0.25) is 9.59 Å². The highest BCUT2D eigenvalue weighted by molar-refractivity contribution is 6.04. The van der Waals surface area contributed by atoms with Crippen molar-refractivity contribution >= 4 is 22.7 Å². The van der Waals surface area contributed by atoms with Crippen molar-refractivity contribution in [2.24, 2.45) is 5.73 Å². The first-order valence-corrected chi connectivity index (χ1v) is 8.66. The molecular weight excluding hydrogens is 362 g/mol. The van der Waals surface area contributed by atoms with Crippen LogP contribution in [0.15, 0.2) is 36.5 Å². The second-order valence-corrected chi connectivity index (χ2v) is 6.73. The second kappa shape index (κ2) is 6.61. The van der Waals surface area contributed by atoms with Crippen molar-refractivity contribution in [3.8, 4) is 11.6 Å². The first-order valence-electron chi connectivity index (χ1n) is 8.66. The number of likely N-dealkylation sites (N-methyl/N-ethyl adjacent to an activating group) is 1. The number of hydrogen-bond acceptors (Lipinski definition) is 6. The number of pyridine rings is 1. The molecule has 3 aromatic rings. The summed E-state index contributed by atoms with van der Waals surface area (Å²) >= 11 is 0. The highest BCUT2D eigenvalue weighted by Crippen LogP contribution is 2.30. The third-order valence-corrected chi connectivity index (χ3v) is 5.02. The SMILES string of the molecule is COc1ccc2c(c1)c(C(N)=O)nn2-c1cc(C2CN(C)C(=O)C2O)ccn1. The Bertz CT molecular complexity index is 1090. The molecule has 1 aliphatic rings. The standard InChI is InChI=1S/C19H19N5O4/c1-23-9-13(17(25)19(23)27)10-5-6-21-15(7-10)24-14-4-3-11(28-2)8-12(14)16(22-24)18(20)26/h3-8,13,17,25H,9H2,1-2H3,(H2,20,26). The Balaban J connectivity index is 1.83. The lowest BCUT2D eigenvalue weighted by atomic mass is 9.97. The molecule has 9 heteroatoms. The van der Waals surface area contributed by atoms with Gasteiger partial charge in [-0.05, 0) is 35.9 Å². The molecule has 2 unspecified atom stereocenters. The number of benzene rings is 1. The fourth-order valence-electron chi connectivity index (χ4n) is 3.53. The molecule has 9 nitrogen and oxygen atoms in total. The van der Waals surface area contributed by atoms with Gasteiger partial charge in [-0.15, -0.1) is 0 Å². The Morgan fingerprint density at radius 1 is 1.32 bits per heavy atom. The summed E-state index contributed by atoms with van der Waals surface area (Å²) in [6.07, 6.45) is 0.487. The second-order valence-electron chi connectivity index (χ2n) is 6.73. The third-order valence-electron chi connectivity index (χ3n) is 5.02. The molecule has 3 heterocycles. The molecule has 0 bridgehead atoms. The molecule has 1 fully saturated rings. The molecule has 1 saturated heterocycles. The number of aromatic nitrogens is 3. The maximum Gasteiger partial charge on any atom is 0.269 e. The van der Waals surface area contributed by atoms with E-state index in [0.29, 0.717) is 29.0 Å². The largest absolute Gasteiger partial charge is 0.497 e. The molecule has 28 heavy (non-hydrogen) atoms. The maximum atomic E-state index is 11.9. The molecule has 0 saturated carbocycles. The number of hydrogen-bond donors (Lipinski definition) is 2. The zero-order chi connectivity index (χ0) is 20.0. The van der Waals surface area contributed by atoms with Crippen LogP contribution in [0.25, 0.3) is 16.7 Å². The summed E-state index contributed by atoms with van der Waals surface area (Å²) in [4.78, 5) is 29.6. The van der Waals surface area contributed by atoms with Crippen molar-refractivity contribution in [1.82, 2.24) is 19.7 Å². The van der Waals surface area contributed by atoms with Gasteiger partial charge in [0.15, 0.2) is 11.5 Å². The summed E-state index contributed by atoms with van der Waals surface area (Å²) in [6, 6.07) is 8.72. The number of methoxy groups -OCH3 is 1. The van der Waals surface area contributed by atoms with Gasteiger partial charge in [0.2, 0.25) is 0 Å². The average Bonchev–Trinajstić information content (AvgIpc) is 3.20. The van der Waals surface area contributed by atoms with Gasteiger partial charge in [0.25, 0.3) is 11.8 Å². The van der Waals surface area contributed by atoms with Crippen molar-refractivity contribution in [2.75, 3.05) is 20.7 Å². The first-order chi connectivity index (χ1) is 13.4. The van der Waals surface area contributed by atoms with Gasteiger partial charge in [0, 0.05) is 31.1 Å². The molecule has 0 aliphatic carbocycles. The van der Waals surface area contributed by atoms with Crippen LogP contribution in [-0.4, -0.2) is 63.4 Å². The molecule has 0 radical (unpaired) electrons. The van der Waals surface area contributed by atoms with E-state index in [9.17, 15) is 14.7 Å². The predicted octanol–water partition coefficient (Wildman–Crippen LogP) is 0.444. The molecular formula is C19H19N5O4. The van der Waals surface area contributed by atoms with Crippen LogP contribution in [0.3, 0.4) is 0 Å². The minimum Gasteiger partial charge on any atom is -0.497 e. The lowest BCUT2D eigenvalue weighted by molar-refractivity contribution is -0.133. The van der Waals surface area contributed by atoms with E-state index in [1.807, 2.05) is 0 Å². The molecule has 0 spiro atoms. The van der Waals surface area contributed by atoms with Crippen LogP contribution in [0.5, 0.6) is 5.75 Å². The van der Waals surface area contributed by atoms with E-state index in [1.54, 1.807) is 43.6 Å². The molecule has 2 amide bonds. The number of aliphatic hydroxyl groups excluding tert-OH is 1. The van der Waals surface area contributed by atoms with Crippen LogP contribution in [0.4, 0.5) is 0 Å². The van der Waals surface area contributed by atoms with Gasteiger partial charge in [-0.2, -0.15) is 5.10 Å². The number of carbonyl (C=O) groups excluding carboxylic acids is 2. The minimum absolute atomic E-state index is 0.108. The Labute approximate surface area is 160 Å². The van der Waals surface area contributed by atoms with E-state index in [1.165, 1.54) is 16.7 Å². The van der Waals surface area contributed by atoms with Gasteiger partial charge in [-0.25, -0.2) is 9.67 Å². The Kier molecular flexibility index (Phi) is 4.23. The van der Waals surface area contributed by atoms with Crippen molar-refractivity contribution < 1.29 is 19.4 Å². The molecule has 4 rings (SSSR count). The summed E-state index contributed by atoms with van der Waals surface area (Å²) in [5.41, 5.74) is 6.99. The Hall–Kier alpha value is -3.46. The fourth-order valence-corrected chi connectivity index (χ4v) is 3.53. The van der Waals surface area contributed by atoms with Gasteiger partial charge in [0.05, 0.1) is 12.6 Å². The number of nitrogens with zero attached hydrogens (tertiary/aromatic N) is 4. The fraction of sp³-hybridized carbons (Fsp3) is 0.263. The molecule has 3 N–H and O–H groups in total. The number of rotatable bonds is 4. The molecule has 2 aromatic heterocycles. The van der Waals surface area contributed by atoms with E-state index in [2.05, 4.69) is 10.1 Å². The van der Waals surface area contributed by atoms with Crippen LogP contribution in [0.2, 0.25) is 0 Å². The maximum absolute atomic E-state index is 11.9. The highest BCUT2D eigenvalue weighted by atomic mass is 16.5. The molecule has 1 aromatic carbocycles. The topological polar surface area (TPSA) is 124 Å². The summed E-state index contributed by atoms with van der Waals surface area (Å²) in [6.45, 7) is 0.410. The van der Waals surface area contributed by atoms with E-state index in [-0.39, 0.29) is 17.5 Å². The van der Waals surface area contributed by atoms with Crippen LogP contribution < -0.4 is 10.5 Å². The Morgan fingerprint density at radius 2 is 2.11 bits per heavy atom. The summed E-state index contributed by atoms with van der Waals surface area (Å²) < 4.78 is 6.74. The average molecular weight is 381 g/mol. The van der Waals surface area contributed by atoms with E-state index < -0.39 is 12.0 Å². The summed E-state index contributed by atoms with van der Waals surface area (Å²) in [5.74, 6) is -0.305. The number of fused-ring (bicyclic) bond motifs is 1. The van der Waals surface area contributed by atoms with E-state index in [0.717, 1.165) is 5.56 Å². The van der Waals surface area contributed by atoms with Crippen molar-refractivity contribution in [3.63, 3.8) is 0 Å². The highest BCUT2D eigenvalue weighted by Gasteiger charge is 2.38. The lowest BCUT2D eigenvalue weighted by Crippen LogP contribution is -2.25. The zero-order valence-electron chi connectivity index (χ0n) is 15.4. The van der Waals surface area contributed by atoms with Gasteiger partial charge in [-0.1, -0.05) is 0 Å². The number of amides is 2. The Morgan fingerprint density at radius 3 is 2.75 bits per heavy atom. The van der Waals surface area contributed by atoms with Crippen LogP contribution in [0, 0.1) is 0 Å². The third kappa shape index (κ3) is 2.76. The minimum atomic E-state index is -1.10. The zero-order valence-corrected chi connectivity index (χ0v) is 15.4. The predicted molar refractivity (Wildman–Crippen MR) is 100 cm³/mol. The smallest absolute Gasteiger partial charge is 0.269 e. The number of ether oxygens (including phenoxy) is 1. The van der Waals surface area contributed by atoms with Crippen molar-refractivity contribution in [1.29, 1.82) is 0 Å². The number of likely N-dealkylation sites (tertiary alicyclic amines) is 1. The van der Waals surface area contributed by atoms with Crippen molar-refractivity contribution in [3.05, 3.63) is 47.8 Å². The van der Waals surface area contributed by atoms with E-state index in [4.69, 9.17) is 10.5 Å². The van der Waals surface area contributed by atoms with Crippen molar-refractivity contribution in [2.45, 2.75) is 12.0 Å². The van der Waals surface area contributed by atoms with Crippen LogP contribution in [0.1, 0.15) is 22.0 Å². The van der Waals surface area contributed by atoms with Gasteiger partial charge in [0.1, 0.15) is 11.9 Å². The van der Waals surface area contributed by atoms with Crippen LogP contribution in [-0.2, 0) is 4.79 Å². The van der Waals surface area contributed by atoms with Crippen LogP contribution >= 0.6 is 0 Å². The van der Waals surface area contributed by atoms with Gasteiger partial charge < -0.3 is 20.5 Å². The normalized spacial score (nSPS) is 19.4. The summed E-state index contributed by atoms with van der Waals surface area (Å²) in [5, 5.41) is 15.1. The summed E-state index contributed by atoms with van der Waals surface area (Å²) in [7, 11) is 3.19. The number of nitrogens with two attached hydrogens (primary N) is 1. The molecule has 144 valence electrons. The number of carbonyl (C=O) groups is 2. The molecule has 2 atom stereocenters. The van der Waals surface area contributed by atoms with Gasteiger partial charge >= 0.3 is 0 Å². The molecule has 1 aliphatic heterocycles. The first kappa shape index (κ1) is 17.9. The monoisotopic (exact) mass is 381 g/mol.